The van der Waals surface area contributed by atoms with Crippen LogP contribution in [-0.4, -0.2) is 34.9 Å². The summed E-state index contributed by atoms with van der Waals surface area (Å²) >= 11 is 0. The monoisotopic (exact) mass is 910 g/mol. The molecule has 0 aromatic rings. The average Bonchev–Trinajstić information content (AvgIpc) is 3.31. The summed E-state index contributed by atoms with van der Waals surface area (Å²) in [5, 5.41) is 23.1. The lowest BCUT2D eigenvalue weighted by atomic mass is 10.0. The van der Waals surface area contributed by atoms with Gasteiger partial charge < -0.3 is 15.5 Å². The first-order valence-electron chi connectivity index (χ1n) is 29.4. The van der Waals surface area contributed by atoms with Crippen LogP contribution in [0.25, 0.3) is 0 Å². The maximum Gasteiger partial charge on any atom is 0.220 e. The van der Waals surface area contributed by atoms with E-state index in [0.717, 1.165) is 38.5 Å². The van der Waals surface area contributed by atoms with Crippen LogP contribution >= 0.6 is 0 Å². The summed E-state index contributed by atoms with van der Waals surface area (Å²) in [6.45, 7) is 4.30. The molecule has 0 radical (unpaired) electrons. The van der Waals surface area contributed by atoms with Gasteiger partial charge >= 0.3 is 0 Å². The highest BCUT2D eigenvalue weighted by Crippen LogP contribution is 2.17. The highest BCUT2D eigenvalue weighted by Gasteiger charge is 2.18. The van der Waals surface area contributed by atoms with E-state index in [4.69, 9.17) is 0 Å². The molecule has 1 amide bonds. The van der Waals surface area contributed by atoms with E-state index in [9.17, 15) is 15.0 Å². The standard InChI is InChI=1S/C61H115NO3/c1-3-5-7-9-11-13-15-17-19-21-22-23-24-25-26-27-28-29-30-31-32-33-34-35-36-37-38-39-40-41-43-45-47-49-51-53-55-57-61(65)62-59(58-63)60(64)56-54-52-50-48-46-44-42-20-18-16-14-12-10-8-6-4-2/h15,17,21-22,46,48,54,56,59-60,63-64H,3-14,16,18-20,23-45,47,49-53,55,57-58H2,1-2H3,(H,62,65)/b17-15-,22-21-,48-46+,56-54+. The third-order valence-electron chi connectivity index (χ3n) is 13.5. The smallest absolute Gasteiger partial charge is 0.220 e. The van der Waals surface area contributed by atoms with Crippen molar-refractivity contribution in [1.29, 1.82) is 0 Å². The Morgan fingerprint density at radius 2 is 0.646 bits per heavy atom. The van der Waals surface area contributed by atoms with Gasteiger partial charge in [-0.15, -0.1) is 0 Å². The first kappa shape index (κ1) is 63.4. The minimum Gasteiger partial charge on any atom is -0.394 e. The number of allylic oxidation sites excluding steroid dienone is 7. The SMILES string of the molecule is CCCCCCC/C=C\C/C=C\CCCCCCCCCCCCCCCCCCCCCCCCCCCC(=O)NC(CO)C(O)/C=C/CC/C=C/CCCCCCCCCCCC. The van der Waals surface area contributed by atoms with Gasteiger partial charge in [0.15, 0.2) is 0 Å². The van der Waals surface area contributed by atoms with Gasteiger partial charge in [0.05, 0.1) is 18.8 Å². The lowest BCUT2D eigenvalue weighted by Gasteiger charge is -2.19. The first-order valence-corrected chi connectivity index (χ1v) is 29.4. The molecule has 0 heterocycles. The molecule has 0 spiro atoms. The molecule has 4 nitrogen and oxygen atoms in total. The average molecular weight is 911 g/mol. The third kappa shape index (κ3) is 53.2. The Morgan fingerprint density at radius 1 is 0.369 bits per heavy atom. The van der Waals surface area contributed by atoms with Crippen LogP contribution < -0.4 is 5.32 Å². The molecule has 0 saturated carbocycles. The molecule has 0 saturated heterocycles. The number of carbonyl (C=O) groups is 1. The summed E-state index contributed by atoms with van der Waals surface area (Å²) in [5.41, 5.74) is 0. The van der Waals surface area contributed by atoms with Crippen LogP contribution in [0.1, 0.15) is 316 Å². The number of hydrogen-bond acceptors (Lipinski definition) is 3. The van der Waals surface area contributed by atoms with Gasteiger partial charge in [0.25, 0.3) is 0 Å². The highest BCUT2D eigenvalue weighted by molar-refractivity contribution is 5.76. The van der Waals surface area contributed by atoms with Crippen molar-refractivity contribution in [2.24, 2.45) is 0 Å². The molecule has 0 aromatic carbocycles. The highest BCUT2D eigenvalue weighted by atomic mass is 16.3. The number of carbonyl (C=O) groups excluding carboxylic acids is 1. The lowest BCUT2D eigenvalue weighted by Crippen LogP contribution is -2.45. The molecule has 65 heavy (non-hydrogen) atoms. The van der Waals surface area contributed by atoms with Crippen LogP contribution in [0.4, 0.5) is 0 Å². The molecule has 3 N–H and O–H groups in total. The van der Waals surface area contributed by atoms with Crippen molar-refractivity contribution < 1.29 is 15.0 Å². The molecular weight excluding hydrogens is 795 g/mol. The molecule has 0 rings (SSSR count). The predicted octanol–water partition coefficient (Wildman–Crippen LogP) is 19.4. The van der Waals surface area contributed by atoms with Gasteiger partial charge in [0, 0.05) is 6.42 Å². The minimum atomic E-state index is -0.861. The molecular formula is C61H115NO3. The summed E-state index contributed by atoms with van der Waals surface area (Å²) in [7, 11) is 0. The van der Waals surface area contributed by atoms with E-state index in [2.05, 4.69) is 55.6 Å². The summed E-state index contributed by atoms with van der Waals surface area (Å²) in [4.78, 5) is 12.5. The van der Waals surface area contributed by atoms with Gasteiger partial charge in [0.2, 0.25) is 5.91 Å². The largest absolute Gasteiger partial charge is 0.394 e. The van der Waals surface area contributed by atoms with Gasteiger partial charge in [-0.2, -0.15) is 0 Å². The Morgan fingerprint density at radius 3 is 0.985 bits per heavy atom. The maximum atomic E-state index is 12.5. The zero-order valence-corrected chi connectivity index (χ0v) is 44.0. The van der Waals surface area contributed by atoms with Gasteiger partial charge in [-0.25, -0.2) is 0 Å². The Kier molecular flexibility index (Phi) is 55.2. The number of hydrogen-bond donors (Lipinski definition) is 3. The maximum absolute atomic E-state index is 12.5. The van der Waals surface area contributed by atoms with Crippen LogP contribution in [0.15, 0.2) is 48.6 Å². The molecule has 0 aliphatic carbocycles. The van der Waals surface area contributed by atoms with Crippen molar-refractivity contribution in [3.63, 3.8) is 0 Å². The number of rotatable bonds is 54. The number of nitrogens with one attached hydrogen (secondary N) is 1. The van der Waals surface area contributed by atoms with Gasteiger partial charge in [-0.1, -0.05) is 294 Å². The Balaban J connectivity index is 3.42. The van der Waals surface area contributed by atoms with Crippen molar-refractivity contribution in [3.05, 3.63) is 48.6 Å². The fourth-order valence-electron chi connectivity index (χ4n) is 9.05. The van der Waals surface area contributed by atoms with Crippen LogP contribution in [0.3, 0.4) is 0 Å². The minimum absolute atomic E-state index is 0.0690. The molecule has 0 aromatic heterocycles. The van der Waals surface area contributed by atoms with E-state index < -0.39 is 12.1 Å². The van der Waals surface area contributed by atoms with Crippen molar-refractivity contribution in [2.45, 2.75) is 328 Å². The van der Waals surface area contributed by atoms with Gasteiger partial charge in [-0.05, 0) is 64.2 Å². The molecule has 382 valence electrons. The Hall–Kier alpha value is -1.65. The van der Waals surface area contributed by atoms with E-state index >= 15 is 0 Å². The molecule has 0 bridgehead atoms. The lowest BCUT2D eigenvalue weighted by molar-refractivity contribution is -0.123. The van der Waals surface area contributed by atoms with Crippen LogP contribution in [0, 0.1) is 0 Å². The zero-order valence-electron chi connectivity index (χ0n) is 44.0. The van der Waals surface area contributed by atoms with E-state index in [1.807, 2.05) is 6.08 Å². The summed E-state index contributed by atoms with van der Waals surface area (Å²) in [6.07, 6.45) is 78.7. The van der Waals surface area contributed by atoms with Crippen LogP contribution in [0.5, 0.6) is 0 Å². The van der Waals surface area contributed by atoms with Crippen molar-refractivity contribution in [1.82, 2.24) is 5.32 Å². The van der Waals surface area contributed by atoms with E-state index in [-0.39, 0.29) is 12.5 Å². The third-order valence-corrected chi connectivity index (χ3v) is 13.5. The topological polar surface area (TPSA) is 69.6 Å². The quantitative estimate of drug-likeness (QED) is 0.0421. The van der Waals surface area contributed by atoms with Crippen molar-refractivity contribution in [3.8, 4) is 0 Å². The van der Waals surface area contributed by atoms with E-state index in [0.29, 0.717) is 6.42 Å². The molecule has 2 atom stereocenters. The normalized spacial score (nSPS) is 13.1. The van der Waals surface area contributed by atoms with Crippen molar-refractivity contribution in [2.75, 3.05) is 6.61 Å². The Labute approximate surface area is 407 Å². The molecule has 2 unspecified atom stereocenters. The van der Waals surface area contributed by atoms with E-state index in [1.165, 1.54) is 257 Å². The second-order valence-corrected chi connectivity index (χ2v) is 20.1. The van der Waals surface area contributed by atoms with Gasteiger partial charge in [0.1, 0.15) is 0 Å². The second-order valence-electron chi connectivity index (χ2n) is 20.1. The first-order chi connectivity index (χ1) is 32.2. The van der Waals surface area contributed by atoms with Crippen molar-refractivity contribution >= 4 is 5.91 Å². The molecule has 0 aliphatic rings. The number of aliphatic hydroxyl groups excluding tert-OH is 2. The van der Waals surface area contributed by atoms with E-state index in [1.54, 1.807) is 6.08 Å². The number of unbranched alkanes of at least 4 members (excludes halogenated alkanes) is 41. The fourth-order valence-corrected chi connectivity index (χ4v) is 9.05. The summed E-state index contributed by atoms with van der Waals surface area (Å²) < 4.78 is 0. The second kappa shape index (κ2) is 56.7. The number of amides is 1. The molecule has 0 aliphatic heterocycles. The van der Waals surface area contributed by atoms with Gasteiger partial charge in [-0.3, -0.25) is 4.79 Å². The summed E-state index contributed by atoms with van der Waals surface area (Å²) in [6, 6.07) is -0.638. The molecule has 0 fully saturated rings. The Bertz CT molecular complexity index is 1030. The zero-order chi connectivity index (χ0) is 47.0. The molecule has 4 heteroatoms. The van der Waals surface area contributed by atoms with Crippen LogP contribution in [0.2, 0.25) is 0 Å². The summed E-state index contributed by atoms with van der Waals surface area (Å²) in [5.74, 6) is -0.0690. The van der Waals surface area contributed by atoms with Crippen LogP contribution in [-0.2, 0) is 4.79 Å². The number of aliphatic hydroxyl groups is 2. The fraction of sp³-hybridized carbons (Fsp3) is 0.852. The predicted molar refractivity (Wildman–Crippen MR) is 290 cm³/mol.